The van der Waals surface area contributed by atoms with Gasteiger partial charge in [-0.25, -0.2) is 0 Å². The molecule has 4 aliphatic rings. The van der Waals surface area contributed by atoms with Crippen LogP contribution < -0.4 is 59.2 Å². The third-order valence-corrected chi connectivity index (χ3v) is 16.2. The van der Waals surface area contributed by atoms with Crippen molar-refractivity contribution in [3.63, 3.8) is 0 Å². The van der Waals surface area contributed by atoms with Gasteiger partial charge in [0.2, 0.25) is 0 Å². The van der Waals surface area contributed by atoms with Crippen LogP contribution in [0, 0.1) is 11.8 Å². The van der Waals surface area contributed by atoms with Crippen LogP contribution in [0.15, 0.2) is 48.5 Å². The van der Waals surface area contributed by atoms with Crippen LogP contribution in [0.2, 0.25) is 0 Å². The van der Waals surface area contributed by atoms with Crippen molar-refractivity contribution in [2.75, 3.05) is 79.0 Å². The van der Waals surface area contributed by atoms with E-state index in [1.165, 1.54) is 57.3 Å². The number of ether oxygens (including phenoxy) is 8. The third kappa shape index (κ3) is 14.2. The third-order valence-electron chi connectivity index (χ3n) is 16.2. The van der Waals surface area contributed by atoms with E-state index in [-0.39, 0.29) is 24.2 Å². The molecule has 0 spiro atoms. The summed E-state index contributed by atoms with van der Waals surface area (Å²) in [5.74, 6) is 7.78. The molecule has 0 amide bonds. The first kappa shape index (κ1) is 57.3. The lowest BCUT2D eigenvalue weighted by atomic mass is 9.78. The molecule has 0 fully saturated rings. The molecule has 4 aliphatic heterocycles. The zero-order chi connectivity index (χ0) is 53.2. The number of hydrogen-bond acceptors (Lipinski definition) is 12. The Morgan fingerprint density at radius 3 is 0.882 bits per heavy atom. The number of rotatable bonds is 31. The van der Waals surface area contributed by atoms with E-state index in [1.807, 2.05) is 27.7 Å². The second-order valence-electron chi connectivity index (χ2n) is 21.0. The van der Waals surface area contributed by atoms with Crippen LogP contribution >= 0.6 is 0 Å². The van der Waals surface area contributed by atoms with Crippen LogP contribution in [0.1, 0.15) is 188 Å². The predicted octanol–water partition coefficient (Wildman–Crippen LogP) is 12.9. The van der Waals surface area contributed by atoms with Crippen molar-refractivity contribution in [2.24, 2.45) is 11.8 Å². The number of nitrogens with one attached hydrogen (secondary N) is 4. The minimum absolute atomic E-state index is 0.237. The Morgan fingerprint density at radius 2 is 0.579 bits per heavy atom. The molecule has 0 saturated heterocycles. The Labute approximate surface area is 456 Å². The minimum Gasteiger partial charge on any atom is -0.490 e. The van der Waals surface area contributed by atoms with Crippen molar-refractivity contribution >= 4 is 0 Å². The molecule has 12 nitrogen and oxygen atoms in total. The standard InChI is InChI=1S/C64H94N4O8/c1-9-69-55-35-45-27-31-65-53(49(45)39-59(55)73-13-5)25-19-23-43(63-51-41-61(75-15-7)57(71-11-3)37-47(51)29-33-67-63)21-17-18-22-44(64-52-42-62(76-16-8)58(72-12-4)38-48(52)30-34-68-64)24-20-26-54-50-40-60(74-14-6)56(70-10-2)36-46(50)28-32-66-54/h35-44,53-54,63-68H,9-34H2,1-8H3. The Kier molecular flexibility index (Phi) is 22.0. The average molecular weight is 1050 g/mol. The van der Waals surface area contributed by atoms with Gasteiger partial charge in [-0.1, -0.05) is 25.7 Å². The first-order valence-electron chi connectivity index (χ1n) is 30.0. The largest absolute Gasteiger partial charge is 0.490 e. The zero-order valence-corrected chi connectivity index (χ0v) is 47.7. The molecule has 76 heavy (non-hydrogen) atoms. The van der Waals surface area contributed by atoms with E-state index >= 15 is 0 Å². The Balaban J connectivity index is 1.03. The number of unbranched alkanes of at least 4 members (excludes halogenated alkanes) is 1. The molecule has 6 atom stereocenters. The van der Waals surface area contributed by atoms with Gasteiger partial charge in [-0.2, -0.15) is 0 Å². The number of benzene rings is 4. The highest BCUT2D eigenvalue weighted by Crippen LogP contribution is 2.45. The zero-order valence-electron chi connectivity index (χ0n) is 47.7. The molecule has 4 heterocycles. The molecule has 4 aromatic carbocycles. The van der Waals surface area contributed by atoms with Crippen LogP contribution in [-0.2, 0) is 25.7 Å². The molecule has 4 N–H and O–H groups in total. The second-order valence-corrected chi connectivity index (χ2v) is 21.0. The summed E-state index contributed by atoms with van der Waals surface area (Å²) in [6.45, 7) is 25.2. The molecule has 0 bridgehead atoms. The minimum atomic E-state index is 0.237. The van der Waals surface area contributed by atoms with E-state index in [0.717, 1.165) is 149 Å². The summed E-state index contributed by atoms with van der Waals surface area (Å²) in [5, 5.41) is 16.0. The van der Waals surface area contributed by atoms with Gasteiger partial charge >= 0.3 is 0 Å². The highest BCUT2D eigenvalue weighted by Gasteiger charge is 2.33. The van der Waals surface area contributed by atoms with Gasteiger partial charge < -0.3 is 59.2 Å². The van der Waals surface area contributed by atoms with Gasteiger partial charge in [-0.05, 0) is 251 Å². The van der Waals surface area contributed by atoms with Crippen LogP contribution in [-0.4, -0.2) is 79.0 Å². The second kappa shape index (κ2) is 29.2. The van der Waals surface area contributed by atoms with Crippen molar-refractivity contribution in [3.05, 3.63) is 93.0 Å². The first-order chi connectivity index (χ1) is 37.3. The molecule has 12 heteroatoms. The van der Waals surface area contributed by atoms with E-state index in [9.17, 15) is 0 Å². The van der Waals surface area contributed by atoms with Crippen LogP contribution in [0.5, 0.6) is 46.0 Å². The van der Waals surface area contributed by atoms with Gasteiger partial charge in [0.1, 0.15) is 0 Å². The maximum absolute atomic E-state index is 6.28. The smallest absolute Gasteiger partial charge is 0.161 e. The lowest BCUT2D eigenvalue weighted by molar-refractivity contribution is 0.261. The van der Waals surface area contributed by atoms with E-state index in [1.54, 1.807) is 0 Å². The summed E-state index contributed by atoms with van der Waals surface area (Å²) in [6, 6.07) is 19.2. The maximum Gasteiger partial charge on any atom is 0.161 e. The molecule has 8 rings (SSSR count). The molecular formula is C64H94N4O8. The van der Waals surface area contributed by atoms with Crippen LogP contribution in [0.3, 0.4) is 0 Å². The molecule has 4 aromatic rings. The quantitative estimate of drug-likeness (QED) is 0.0359. The summed E-state index contributed by atoms with van der Waals surface area (Å²) >= 11 is 0. The monoisotopic (exact) mass is 1050 g/mol. The summed E-state index contributed by atoms with van der Waals surface area (Å²) in [7, 11) is 0. The molecule has 418 valence electrons. The topological polar surface area (TPSA) is 122 Å². The van der Waals surface area contributed by atoms with Crippen LogP contribution in [0.25, 0.3) is 0 Å². The Bertz CT molecular complexity index is 2280. The highest BCUT2D eigenvalue weighted by molar-refractivity contribution is 5.53. The lowest BCUT2D eigenvalue weighted by Crippen LogP contribution is -2.36. The van der Waals surface area contributed by atoms with Gasteiger partial charge in [0, 0.05) is 24.2 Å². The van der Waals surface area contributed by atoms with Crippen molar-refractivity contribution in [3.8, 4) is 46.0 Å². The van der Waals surface area contributed by atoms with Gasteiger partial charge in [-0.15, -0.1) is 0 Å². The average Bonchev–Trinajstić information content (AvgIpc) is 3.43. The first-order valence-corrected chi connectivity index (χ1v) is 30.0. The Hall–Kier alpha value is -4.88. The van der Waals surface area contributed by atoms with Crippen molar-refractivity contribution < 1.29 is 37.9 Å². The summed E-state index contributed by atoms with van der Waals surface area (Å²) in [5.41, 5.74) is 11.0. The highest BCUT2D eigenvalue weighted by atomic mass is 16.5. The van der Waals surface area contributed by atoms with Crippen molar-refractivity contribution in [1.82, 2.24) is 21.3 Å². The molecule has 0 saturated carbocycles. The van der Waals surface area contributed by atoms with Crippen LogP contribution in [0.4, 0.5) is 0 Å². The summed E-state index contributed by atoms with van der Waals surface area (Å²) in [6.07, 6.45) is 15.2. The van der Waals surface area contributed by atoms with E-state index in [0.29, 0.717) is 64.7 Å². The fourth-order valence-corrected chi connectivity index (χ4v) is 12.9. The van der Waals surface area contributed by atoms with Gasteiger partial charge in [0.05, 0.1) is 52.9 Å². The molecule has 6 unspecified atom stereocenters. The fourth-order valence-electron chi connectivity index (χ4n) is 12.9. The maximum atomic E-state index is 6.28. The van der Waals surface area contributed by atoms with Gasteiger partial charge in [-0.3, -0.25) is 0 Å². The van der Waals surface area contributed by atoms with E-state index in [2.05, 4.69) is 97.5 Å². The molecular weight excluding hydrogens is 953 g/mol. The van der Waals surface area contributed by atoms with Gasteiger partial charge in [0.25, 0.3) is 0 Å². The van der Waals surface area contributed by atoms with Crippen molar-refractivity contribution in [1.29, 1.82) is 0 Å². The van der Waals surface area contributed by atoms with Gasteiger partial charge in [0.15, 0.2) is 46.0 Å². The van der Waals surface area contributed by atoms with Crippen molar-refractivity contribution in [2.45, 2.75) is 169 Å². The normalized spacial score (nSPS) is 19.5. The lowest BCUT2D eigenvalue weighted by Gasteiger charge is -2.36. The number of hydrogen-bond donors (Lipinski definition) is 4. The fraction of sp³-hybridized carbons (Fsp3) is 0.625. The Morgan fingerprint density at radius 1 is 0.329 bits per heavy atom. The van der Waals surface area contributed by atoms with E-state index in [4.69, 9.17) is 37.9 Å². The summed E-state index contributed by atoms with van der Waals surface area (Å²) < 4.78 is 49.3. The predicted molar refractivity (Wildman–Crippen MR) is 306 cm³/mol. The molecule has 0 aliphatic carbocycles. The SMILES string of the molecule is CCOc1cc2c(cc1OCC)C(CCCC(CCCCC(CCCC1NCCc3cc(OCC)c(OCC)cc31)C1NCCc3cc(OCC)c(OCC)cc31)C1NCCc3cc(OCC)c(OCC)cc31)NCC2. The molecule has 0 aromatic heterocycles. The summed E-state index contributed by atoms with van der Waals surface area (Å²) in [4.78, 5) is 0. The van der Waals surface area contributed by atoms with E-state index < -0.39 is 0 Å². The number of fused-ring (bicyclic) bond motifs is 4. The molecule has 0 radical (unpaired) electrons.